The van der Waals surface area contributed by atoms with Crippen molar-refractivity contribution in [2.75, 3.05) is 6.54 Å². The number of carbonyl (C=O) groups excluding carboxylic acids is 3. The summed E-state index contributed by atoms with van der Waals surface area (Å²) in [5.41, 5.74) is 0.508. The fourth-order valence-electron chi connectivity index (χ4n) is 2.75. The number of imide groups is 1. The fourth-order valence-corrected chi connectivity index (χ4v) is 2.75. The van der Waals surface area contributed by atoms with E-state index in [1.807, 2.05) is 0 Å². The van der Waals surface area contributed by atoms with Crippen LogP contribution in [-0.4, -0.2) is 29.3 Å². The minimum Gasteiger partial charge on any atom is -0.348 e. The second kappa shape index (κ2) is 7.71. The monoisotopic (exact) mass is 391 g/mol. The standard InChI is InChI=1S/C19H16F3N3O3/c20-19(21,22)14-7-5-12(6-8-14)9-23-17(27)15-4-2-1-3-13(15)11-25-16(26)10-24-18(25)28/h1-8H,9-11H2,(H,23,27)(H,24,28). The van der Waals surface area contributed by atoms with Crippen LogP contribution in [0.2, 0.25) is 0 Å². The van der Waals surface area contributed by atoms with Gasteiger partial charge in [0, 0.05) is 12.1 Å². The van der Waals surface area contributed by atoms with E-state index in [9.17, 15) is 27.6 Å². The normalized spacial score (nSPS) is 14.2. The Morgan fingerprint density at radius 2 is 1.75 bits per heavy atom. The number of benzene rings is 2. The molecule has 0 atom stereocenters. The van der Waals surface area contributed by atoms with Crippen molar-refractivity contribution in [3.05, 3.63) is 70.8 Å². The Morgan fingerprint density at radius 3 is 2.36 bits per heavy atom. The number of alkyl halides is 3. The highest BCUT2D eigenvalue weighted by molar-refractivity contribution is 6.02. The van der Waals surface area contributed by atoms with Gasteiger partial charge in [-0.15, -0.1) is 0 Å². The second-order valence-electron chi connectivity index (χ2n) is 6.17. The maximum atomic E-state index is 12.6. The molecular weight excluding hydrogens is 375 g/mol. The van der Waals surface area contributed by atoms with E-state index in [1.165, 1.54) is 12.1 Å². The van der Waals surface area contributed by atoms with Gasteiger partial charge < -0.3 is 10.6 Å². The van der Waals surface area contributed by atoms with Gasteiger partial charge in [-0.25, -0.2) is 4.79 Å². The summed E-state index contributed by atoms with van der Waals surface area (Å²) in [6, 6.07) is 10.5. The summed E-state index contributed by atoms with van der Waals surface area (Å²) in [4.78, 5) is 37.0. The Morgan fingerprint density at radius 1 is 1.07 bits per heavy atom. The zero-order valence-electron chi connectivity index (χ0n) is 14.5. The zero-order chi connectivity index (χ0) is 20.3. The summed E-state index contributed by atoms with van der Waals surface area (Å²) in [7, 11) is 0. The third-order valence-corrected chi connectivity index (χ3v) is 4.26. The predicted molar refractivity (Wildman–Crippen MR) is 93.0 cm³/mol. The lowest BCUT2D eigenvalue weighted by Gasteiger charge is -2.15. The number of nitrogens with zero attached hydrogens (tertiary/aromatic N) is 1. The van der Waals surface area contributed by atoms with Gasteiger partial charge in [0.15, 0.2) is 0 Å². The zero-order valence-corrected chi connectivity index (χ0v) is 14.5. The minimum absolute atomic E-state index is 0.0361. The third kappa shape index (κ3) is 4.30. The smallest absolute Gasteiger partial charge is 0.348 e. The molecule has 9 heteroatoms. The molecule has 0 saturated carbocycles. The molecule has 2 aromatic carbocycles. The van der Waals surface area contributed by atoms with E-state index in [-0.39, 0.29) is 31.1 Å². The maximum Gasteiger partial charge on any atom is 0.416 e. The van der Waals surface area contributed by atoms with Crippen molar-refractivity contribution in [2.24, 2.45) is 0 Å². The van der Waals surface area contributed by atoms with Crippen LogP contribution in [0.25, 0.3) is 0 Å². The van der Waals surface area contributed by atoms with Crippen LogP contribution >= 0.6 is 0 Å². The van der Waals surface area contributed by atoms with Gasteiger partial charge in [-0.05, 0) is 29.3 Å². The van der Waals surface area contributed by atoms with E-state index >= 15 is 0 Å². The van der Waals surface area contributed by atoms with Gasteiger partial charge in [0.05, 0.1) is 18.7 Å². The lowest BCUT2D eigenvalue weighted by Crippen LogP contribution is -2.32. The number of hydrogen-bond donors (Lipinski definition) is 2. The van der Waals surface area contributed by atoms with E-state index in [0.29, 0.717) is 11.1 Å². The molecule has 0 unspecified atom stereocenters. The fraction of sp³-hybridized carbons (Fsp3) is 0.211. The maximum absolute atomic E-state index is 12.6. The van der Waals surface area contributed by atoms with Gasteiger partial charge >= 0.3 is 12.2 Å². The molecule has 1 aliphatic rings. The van der Waals surface area contributed by atoms with Gasteiger partial charge in [0.2, 0.25) is 5.91 Å². The second-order valence-corrected chi connectivity index (χ2v) is 6.17. The van der Waals surface area contributed by atoms with E-state index < -0.39 is 23.7 Å². The molecule has 6 nitrogen and oxygen atoms in total. The number of hydrogen-bond acceptors (Lipinski definition) is 3. The summed E-state index contributed by atoms with van der Waals surface area (Å²) in [6.07, 6.45) is -4.42. The van der Waals surface area contributed by atoms with Crippen LogP contribution in [0.3, 0.4) is 0 Å². The van der Waals surface area contributed by atoms with Crippen molar-refractivity contribution in [1.29, 1.82) is 0 Å². The Kier molecular flexibility index (Phi) is 5.34. The first-order valence-corrected chi connectivity index (χ1v) is 8.36. The Labute approximate surface area is 158 Å². The Bertz CT molecular complexity index is 895. The molecule has 2 aromatic rings. The predicted octanol–water partition coefficient (Wildman–Crippen LogP) is 2.69. The van der Waals surface area contributed by atoms with Gasteiger partial charge in [-0.2, -0.15) is 13.2 Å². The number of amides is 4. The van der Waals surface area contributed by atoms with Crippen LogP contribution in [0.5, 0.6) is 0 Å². The first-order valence-electron chi connectivity index (χ1n) is 8.36. The van der Waals surface area contributed by atoms with Gasteiger partial charge in [0.1, 0.15) is 0 Å². The molecule has 4 amide bonds. The van der Waals surface area contributed by atoms with E-state index in [0.717, 1.165) is 17.0 Å². The highest BCUT2D eigenvalue weighted by Crippen LogP contribution is 2.29. The van der Waals surface area contributed by atoms with Crippen LogP contribution in [0.4, 0.5) is 18.0 Å². The highest BCUT2D eigenvalue weighted by atomic mass is 19.4. The van der Waals surface area contributed by atoms with Crippen LogP contribution in [-0.2, 0) is 24.1 Å². The summed E-state index contributed by atoms with van der Waals surface area (Å²) < 4.78 is 37.8. The van der Waals surface area contributed by atoms with Crippen LogP contribution in [0.15, 0.2) is 48.5 Å². The van der Waals surface area contributed by atoms with Crippen LogP contribution < -0.4 is 10.6 Å². The molecule has 1 saturated heterocycles. The van der Waals surface area contributed by atoms with Gasteiger partial charge in [0.25, 0.3) is 5.91 Å². The van der Waals surface area contributed by atoms with Crippen molar-refractivity contribution in [3.63, 3.8) is 0 Å². The molecule has 0 aromatic heterocycles. The number of urea groups is 1. The van der Waals surface area contributed by atoms with E-state index in [1.54, 1.807) is 24.3 Å². The molecule has 1 aliphatic heterocycles. The van der Waals surface area contributed by atoms with Crippen molar-refractivity contribution >= 4 is 17.8 Å². The average Bonchev–Trinajstić information content (AvgIpc) is 2.98. The molecule has 146 valence electrons. The first kappa shape index (κ1) is 19.4. The highest BCUT2D eigenvalue weighted by Gasteiger charge is 2.30. The summed E-state index contributed by atoms with van der Waals surface area (Å²) >= 11 is 0. The Balaban J connectivity index is 1.68. The summed E-state index contributed by atoms with van der Waals surface area (Å²) in [5, 5.41) is 5.04. The quantitative estimate of drug-likeness (QED) is 0.770. The molecule has 3 rings (SSSR count). The van der Waals surface area contributed by atoms with Crippen molar-refractivity contribution in [1.82, 2.24) is 15.5 Å². The summed E-state index contributed by atoms with van der Waals surface area (Å²) in [5.74, 6) is -0.840. The van der Waals surface area contributed by atoms with Crippen molar-refractivity contribution in [2.45, 2.75) is 19.3 Å². The molecule has 0 aliphatic carbocycles. The lowest BCUT2D eigenvalue weighted by molar-refractivity contribution is -0.137. The third-order valence-electron chi connectivity index (χ3n) is 4.26. The average molecular weight is 391 g/mol. The molecule has 2 N–H and O–H groups in total. The molecule has 1 heterocycles. The Hall–Kier alpha value is -3.36. The topological polar surface area (TPSA) is 78.5 Å². The van der Waals surface area contributed by atoms with Crippen LogP contribution in [0, 0.1) is 0 Å². The molecule has 28 heavy (non-hydrogen) atoms. The van der Waals surface area contributed by atoms with Gasteiger partial charge in [-0.1, -0.05) is 30.3 Å². The largest absolute Gasteiger partial charge is 0.416 e. The number of carbonyl (C=O) groups is 3. The number of halogens is 3. The molecule has 0 bridgehead atoms. The van der Waals surface area contributed by atoms with Crippen molar-refractivity contribution in [3.8, 4) is 0 Å². The molecule has 0 radical (unpaired) electrons. The van der Waals surface area contributed by atoms with E-state index in [2.05, 4.69) is 10.6 Å². The van der Waals surface area contributed by atoms with E-state index in [4.69, 9.17) is 0 Å². The molecular formula is C19H16F3N3O3. The van der Waals surface area contributed by atoms with Crippen LogP contribution in [0.1, 0.15) is 27.0 Å². The number of nitrogens with one attached hydrogen (secondary N) is 2. The molecule has 1 fully saturated rings. The first-order chi connectivity index (χ1) is 13.3. The lowest BCUT2D eigenvalue weighted by atomic mass is 10.1. The minimum atomic E-state index is -4.42. The van der Waals surface area contributed by atoms with Crippen molar-refractivity contribution < 1.29 is 27.6 Å². The SMILES string of the molecule is O=C(NCc1ccc(C(F)(F)F)cc1)c1ccccc1CN1C(=O)CNC1=O. The summed E-state index contributed by atoms with van der Waals surface area (Å²) in [6.45, 7) is -0.0932. The van der Waals surface area contributed by atoms with Gasteiger partial charge in [-0.3, -0.25) is 14.5 Å². The molecule has 0 spiro atoms. The number of rotatable bonds is 5.